The number of anilines is 1. The van der Waals surface area contributed by atoms with Gasteiger partial charge in [-0.15, -0.1) is 0 Å². The summed E-state index contributed by atoms with van der Waals surface area (Å²) in [6.07, 6.45) is 2.07. The van der Waals surface area contributed by atoms with Crippen molar-refractivity contribution in [2.45, 2.75) is 18.4 Å². The van der Waals surface area contributed by atoms with Crippen LogP contribution in [0.1, 0.15) is 22.3 Å². The Morgan fingerprint density at radius 3 is 2.65 bits per heavy atom. The van der Waals surface area contributed by atoms with Crippen molar-refractivity contribution >= 4 is 33.2 Å². The van der Waals surface area contributed by atoms with Gasteiger partial charge in [-0.1, -0.05) is 17.7 Å². The number of methoxy groups -OCH3 is 1. The third-order valence-electron chi connectivity index (χ3n) is 5.19. The molecule has 0 aliphatic carbocycles. The highest BCUT2D eigenvalue weighted by Crippen LogP contribution is 2.27. The first-order valence-corrected chi connectivity index (χ1v) is 11.9. The van der Waals surface area contributed by atoms with E-state index in [1.165, 1.54) is 15.2 Å². The highest BCUT2D eigenvalue weighted by atomic mass is 35.5. The molecule has 1 aromatic heterocycles. The Kier molecular flexibility index (Phi) is 7.58. The molecule has 1 aromatic carbocycles. The van der Waals surface area contributed by atoms with Crippen molar-refractivity contribution in [2.75, 3.05) is 51.3 Å². The number of carbonyl (C=O) groups is 1. The van der Waals surface area contributed by atoms with Gasteiger partial charge in [0.05, 0.1) is 5.56 Å². The lowest BCUT2D eigenvalue weighted by atomic mass is 10.1. The summed E-state index contributed by atoms with van der Waals surface area (Å²) < 4.78 is 34.2. The molecule has 2 aromatic rings. The van der Waals surface area contributed by atoms with Crippen LogP contribution in [0.2, 0.25) is 5.02 Å². The number of sulfonamides is 1. The molecule has 0 radical (unpaired) electrons. The maximum atomic E-state index is 13.3. The van der Waals surface area contributed by atoms with Crippen LogP contribution in [0.3, 0.4) is 0 Å². The molecule has 1 amide bonds. The lowest BCUT2D eigenvalue weighted by Gasteiger charge is -2.35. The zero-order valence-corrected chi connectivity index (χ0v) is 19.5. The summed E-state index contributed by atoms with van der Waals surface area (Å²) in [4.78, 5) is 14.7. The highest BCUT2D eigenvalue weighted by molar-refractivity contribution is 7.89. The molecule has 1 N–H and O–H groups in total. The molecule has 0 spiro atoms. The summed E-state index contributed by atoms with van der Waals surface area (Å²) in [5.74, 6) is -0.462. The fourth-order valence-corrected chi connectivity index (χ4v) is 5.25. The first-order chi connectivity index (χ1) is 14.7. The van der Waals surface area contributed by atoms with Crippen LogP contribution in [-0.4, -0.2) is 74.9 Å². The Bertz CT molecular complexity index is 1030. The van der Waals surface area contributed by atoms with Crippen molar-refractivity contribution in [3.05, 3.63) is 40.5 Å². The average molecular weight is 470 g/mol. The molecule has 9 nitrogen and oxygen atoms in total. The van der Waals surface area contributed by atoms with Gasteiger partial charge >= 0.3 is 0 Å². The molecule has 0 bridgehead atoms. The van der Waals surface area contributed by atoms with Crippen LogP contribution in [0.5, 0.6) is 0 Å². The van der Waals surface area contributed by atoms with Gasteiger partial charge in [0.25, 0.3) is 15.9 Å². The van der Waals surface area contributed by atoms with E-state index in [0.717, 1.165) is 11.3 Å². The van der Waals surface area contributed by atoms with Crippen molar-refractivity contribution in [3.63, 3.8) is 0 Å². The van der Waals surface area contributed by atoms with Gasteiger partial charge in [-0.05, 0) is 31.0 Å². The topological polar surface area (TPSA) is 96.8 Å². The van der Waals surface area contributed by atoms with Gasteiger partial charge in [-0.2, -0.15) is 9.40 Å². The number of aryl methyl sites for hydroxylation is 2. The smallest absolute Gasteiger partial charge is 0.263 e. The van der Waals surface area contributed by atoms with E-state index in [4.69, 9.17) is 16.3 Å². The molecule has 31 heavy (non-hydrogen) atoms. The molecule has 11 heteroatoms. The largest absolute Gasteiger partial charge is 0.385 e. The fraction of sp³-hybridized carbons (Fsp3) is 0.500. The van der Waals surface area contributed by atoms with Crippen LogP contribution in [0.4, 0.5) is 5.69 Å². The Morgan fingerprint density at radius 2 is 1.97 bits per heavy atom. The zero-order chi connectivity index (χ0) is 22.6. The molecule has 1 aliphatic heterocycles. The van der Waals surface area contributed by atoms with E-state index in [1.807, 2.05) is 25.1 Å². The number of carbonyl (C=O) groups excluding carboxylic acids is 1. The van der Waals surface area contributed by atoms with Gasteiger partial charge in [0.1, 0.15) is 0 Å². The molecule has 1 saturated heterocycles. The second-order valence-electron chi connectivity index (χ2n) is 7.45. The molecule has 0 saturated carbocycles. The van der Waals surface area contributed by atoms with Gasteiger partial charge in [-0.25, -0.2) is 8.42 Å². The Hall–Kier alpha value is -2.14. The lowest BCUT2D eigenvalue weighted by Crippen LogP contribution is -2.49. The van der Waals surface area contributed by atoms with Crippen molar-refractivity contribution in [2.24, 2.45) is 7.05 Å². The molecule has 1 aliphatic rings. The van der Waals surface area contributed by atoms with Gasteiger partial charge in [0, 0.05) is 70.4 Å². The standard InChI is InChI=1S/C20H28ClN5O4S/c1-15-5-6-16(21)13-18(15)25-8-10-26(11-9-25)31(28,29)20-17(14-24(2)23-20)19(27)22-7-4-12-30-3/h5-6,13-14H,4,7-12H2,1-3H3,(H,22,27). The minimum atomic E-state index is -3.91. The number of hydrogen-bond donors (Lipinski definition) is 1. The van der Waals surface area contributed by atoms with Gasteiger partial charge in [0.2, 0.25) is 5.03 Å². The summed E-state index contributed by atoms with van der Waals surface area (Å²) in [7, 11) is -0.731. The molecule has 0 unspecified atom stereocenters. The minimum Gasteiger partial charge on any atom is -0.385 e. The zero-order valence-electron chi connectivity index (χ0n) is 18.0. The highest BCUT2D eigenvalue weighted by Gasteiger charge is 2.34. The number of nitrogens with zero attached hydrogens (tertiary/aromatic N) is 4. The van der Waals surface area contributed by atoms with Crippen molar-refractivity contribution < 1.29 is 17.9 Å². The molecular formula is C20H28ClN5O4S. The third kappa shape index (κ3) is 5.38. The lowest BCUT2D eigenvalue weighted by molar-refractivity contribution is 0.0945. The molecular weight excluding hydrogens is 442 g/mol. The summed E-state index contributed by atoms with van der Waals surface area (Å²) in [5, 5.41) is 7.25. The van der Waals surface area contributed by atoms with E-state index >= 15 is 0 Å². The number of benzene rings is 1. The monoisotopic (exact) mass is 469 g/mol. The van der Waals surface area contributed by atoms with E-state index < -0.39 is 15.9 Å². The van der Waals surface area contributed by atoms with Gasteiger partial charge < -0.3 is 15.0 Å². The molecule has 2 heterocycles. The number of rotatable bonds is 8. The minimum absolute atomic E-state index is 0.0491. The van der Waals surface area contributed by atoms with E-state index in [2.05, 4.69) is 15.3 Å². The van der Waals surface area contributed by atoms with E-state index in [0.29, 0.717) is 50.8 Å². The van der Waals surface area contributed by atoms with Crippen molar-refractivity contribution in [3.8, 4) is 0 Å². The second-order valence-corrected chi connectivity index (χ2v) is 9.74. The maximum absolute atomic E-state index is 13.3. The number of ether oxygens (including phenoxy) is 1. The maximum Gasteiger partial charge on any atom is 0.263 e. The predicted molar refractivity (Wildman–Crippen MR) is 119 cm³/mol. The second kappa shape index (κ2) is 9.99. The third-order valence-corrected chi connectivity index (χ3v) is 7.26. The number of nitrogens with one attached hydrogen (secondary N) is 1. The van der Waals surface area contributed by atoms with Gasteiger partial charge in [-0.3, -0.25) is 9.48 Å². The summed E-state index contributed by atoms with van der Waals surface area (Å²) in [6.45, 7) is 4.52. The van der Waals surface area contributed by atoms with E-state index in [-0.39, 0.29) is 10.6 Å². The quantitative estimate of drug-likeness (QED) is 0.590. The molecule has 1 fully saturated rings. The van der Waals surface area contributed by atoms with Crippen LogP contribution in [0, 0.1) is 6.92 Å². The number of aromatic nitrogens is 2. The normalized spacial score (nSPS) is 15.3. The van der Waals surface area contributed by atoms with E-state index in [9.17, 15) is 13.2 Å². The fourth-order valence-electron chi connectivity index (χ4n) is 3.54. The van der Waals surface area contributed by atoms with Crippen LogP contribution in [-0.2, 0) is 21.8 Å². The number of piperazine rings is 1. The van der Waals surface area contributed by atoms with Crippen LogP contribution in [0.15, 0.2) is 29.4 Å². The van der Waals surface area contributed by atoms with E-state index in [1.54, 1.807) is 14.2 Å². The van der Waals surface area contributed by atoms with Crippen LogP contribution < -0.4 is 10.2 Å². The predicted octanol–water partition coefficient (Wildman–Crippen LogP) is 1.66. The average Bonchev–Trinajstić information content (AvgIpc) is 3.15. The Morgan fingerprint density at radius 1 is 1.26 bits per heavy atom. The van der Waals surface area contributed by atoms with Crippen LogP contribution in [0.25, 0.3) is 0 Å². The van der Waals surface area contributed by atoms with Crippen molar-refractivity contribution in [1.29, 1.82) is 0 Å². The van der Waals surface area contributed by atoms with Gasteiger partial charge in [0.15, 0.2) is 0 Å². The van der Waals surface area contributed by atoms with Crippen LogP contribution >= 0.6 is 11.6 Å². The SMILES string of the molecule is COCCCNC(=O)c1cn(C)nc1S(=O)(=O)N1CCN(c2cc(Cl)ccc2C)CC1. The Balaban J connectivity index is 1.73. The Labute approximate surface area is 188 Å². The summed E-state index contributed by atoms with van der Waals surface area (Å²) >= 11 is 6.13. The van der Waals surface area contributed by atoms with Crippen molar-refractivity contribution in [1.82, 2.24) is 19.4 Å². The summed E-state index contributed by atoms with van der Waals surface area (Å²) in [6, 6.07) is 5.68. The summed E-state index contributed by atoms with van der Waals surface area (Å²) in [5.41, 5.74) is 2.13. The number of halogens is 1. The molecule has 0 atom stereocenters. The first kappa shape index (κ1) is 23.5. The molecule has 3 rings (SSSR count). The number of amides is 1. The first-order valence-electron chi connectivity index (χ1n) is 10.1. The molecule has 170 valence electrons. The number of hydrogen-bond acceptors (Lipinski definition) is 6.